The highest BCUT2D eigenvalue weighted by Gasteiger charge is 2.18. The zero-order valence-electron chi connectivity index (χ0n) is 7.96. The first-order valence-electron chi connectivity index (χ1n) is 4.25. The van der Waals surface area contributed by atoms with E-state index >= 15 is 0 Å². The number of hydrogen-bond acceptors (Lipinski definition) is 4. The Balaban J connectivity index is 2.95. The van der Waals surface area contributed by atoms with Gasteiger partial charge in [0.1, 0.15) is 5.38 Å². The molecule has 6 nitrogen and oxygen atoms in total. The lowest BCUT2D eigenvalue weighted by Gasteiger charge is -2.04. The van der Waals surface area contributed by atoms with Crippen LogP contribution in [0.3, 0.4) is 0 Å². The molecule has 0 aliphatic rings. The molecule has 0 aliphatic heterocycles. The minimum absolute atomic E-state index is 0.0436. The highest BCUT2D eigenvalue weighted by Crippen LogP contribution is 2.27. The minimum Gasteiger partial charge on any atom is -0.502 e. The molecule has 0 bridgehead atoms. The molecule has 0 aliphatic carbocycles. The van der Waals surface area contributed by atoms with E-state index in [0.717, 1.165) is 12.1 Å². The first-order valence-corrected chi connectivity index (χ1v) is 4.68. The second-order valence-corrected chi connectivity index (χ2v) is 3.62. The molecule has 0 saturated heterocycles. The minimum atomic E-state index is -1.20. The summed E-state index contributed by atoms with van der Waals surface area (Å²) in [4.78, 5) is 20.2. The van der Waals surface area contributed by atoms with Crippen molar-refractivity contribution < 1.29 is 19.9 Å². The van der Waals surface area contributed by atoms with Gasteiger partial charge in [-0.25, -0.2) is 0 Å². The van der Waals surface area contributed by atoms with E-state index in [-0.39, 0.29) is 6.42 Å². The number of carbonyl (C=O) groups is 1. The van der Waals surface area contributed by atoms with Crippen molar-refractivity contribution >= 4 is 23.3 Å². The van der Waals surface area contributed by atoms with Gasteiger partial charge in [0, 0.05) is 6.07 Å². The van der Waals surface area contributed by atoms with Crippen molar-refractivity contribution in [2.24, 2.45) is 0 Å². The number of aromatic hydroxyl groups is 1. The van der Waals surface area contributed by atoms with E-state index < -0.39 is 27.7 Å². The number of nitro benzene ring substituents is 1. The molecule has 0 radical (unpaired) electrons. The molecule has 2 N–H and O–H groups in total. The van der Waals surface area contributed by atoms with Gasteiger partial charge in [-0.15, -0.1) is 11.6 Å². The van der Waals surface area contributed by atoms with Gasteiger partial charge in [0.2, 0.25) is 0 Å². The molecule has 1 rings (SSSR count). The third-order valence-corrected chi connectivity index (χ3v) is 2.26. The molecule has 1 unspecified atom stereocenters. The zero-order valence-corrected chi connectivity index (χ0v) is 8.72. The van der Waals surface area contributed by atoms with Crippen molar-refractivity contribution in [3.63, 3.8) is 0 Å². The predicted octanol–water partition coefficient (Wildman–Crippen LogP) is 1.53. The molecule has 0 fully saturated rings. The number of benzene rings is 1. The molecule has 0 aromatic heterocycles. The number of alkyl halides is 1. The molecule has 1 aromatic carbocycles. The average molecular weight is 246 g/mol. The lowest BCUT2D eigenvalue weighted by molar-refractivity contribution is -0.385. The number of hydrogen-bond donors (Lipinski definition) is 2. The van der Waals surface area contributed by atoms with Crippen molar-refractivity contribution in [3.05, 3.63) is 33.9 Å². The van der Waals surface area contributed by atoms with Crippen LogP contribution in [0, 0.1) is 10.1 Å². The maximum Gasteiger partial charge on any atom is 0.321 e. The fourth-order valence-electron chi connectivity index (χ4n) is 1.14. The Kier molecular flexibility index (Phi) is 3.68. The van der Waals surface area contributed by atoms with Gasteiger partial charge in [-0.05, 0) is 18.1 Å². The Hall–Kier alpha value is -1.82. The van der Waals surface area contributed by atoms with Gasteiger partial charge in [0.05, 0.1) is 4.92 Å². The van der Waals surface area contributed by atoms with E-state index in [1.807, 2.05) is 0 Å². The number of phenols is 1. The Morgan fingerprint density at radius 1 is 1.56 bits per heavy atom. The number of nitro groups is 1. The Morgan fingerprint density at radius 2 is 2.19 bits per heavy atom. The van der Waals surface area contributed by atoms with E-state index in [1.165, 1.54) is 6.07 Å². The number of phenolic OH excluding ortho intramolecular Hbond substituents is 1. The van der Waals surface area contributed by atoms with Gasteiger partial charge in [0.15, 0.2) is 5.75 Å². The van der Waals surface area contributed by atoms with Crippen LogP contribution >= 0.6 is 11.6 Å². The molecular formula is C9H8ClNO5. The quantitative estimate of drug-likeness (QED) is 0.476. The predicted molar refractivity (Wildman–Crippen MR) is 55.7 cm³/mol. The molecule has 16 heavy (non-hydrogen) atoms. The highest BCUT2D eigenvalue weighted by atomic mass is 35.5. The SMILES string of the molecule is O=C(O)C(Cl)Cc1ccc(O)c([N+](=O)[O-])c1. The van der Waals surface area contributed by atoms with Crippen LogP contribution in [0.25, 0.3) is 0 Å². The van der Waals surface area contributed by atoms with Crippen molar-refractivity contribution in [3.8, 4) is 5.75 Å². The summed E-state index contributed by atoms with van der Waals surface area (Å²) in [7, 11) is 0. The lowest BCUT2D eigenvalue weighted by atomic mass is 10.1. The van der Waals surface area contributed by atoms with Crippen LogP contribution in [0.1, 0.15) is 5.56 Å². The summed E-state index contributed by atoms with van der Waals surface area (Å²) in [6.45, 7) is 0. The van der Waals surface area contributed by atoms with E-state index in [0.29, 0.717) is 5.56 Å². The number of carboxylic acid groups (broad SMARTS) is 1. The standard InChI is InChI=1S/C9H8ClNO5/c10-6(9(13)14)3-5-1-2-8(12)7(4-5)11(15)16/h1-2,4,6,12H,3H2,(H,13,14). The third-order valence-electron chi connectivity index (χ3n) is 1.92. The fraction of sp³-hybridized carbons (Fsp3) is 0.222. The Bertz CT molecular complexity index is 434. The monoisotopic (exact) mass is 245 g/mol. The summed E-state index contributed by atoms with van der Waals surface area (Å²) in [5, 5.41) is 27.1. The summed E-state index contributed by atoms with van der Waals surface area (Å²) in [5.41, 5.74) is -0.0846. The number of rotatable bonds is 4. The smallest absolute Gasteiger partial charge is 0.321 e. The van der Waals surface area contributed by atoms with Gasteiger partial charge < -0.3 is 10.2 Å². The molecule has 0 saturated carbocycles. The van der Waals surface area contributed by atoms with Crippen LogP contribution in [0.5, 0.6) is 5.75 Å². The average Bonchev–Trinajstić information content (AvgIpc) is 2.20. The summed E-state index contributed by atoms with van der Waals surface area (Å²) >= 11 is 5.49. The molecule has 0 amide bonds. The maximum absolute atomic E-state index is 10.5. The van der Waals surface area contributed by atoms with Crippen molar-refractivity contribution in [1.29, 1.82) is 0 Å². The second-order valence-electron chi connectivity index (χ2n) is 3.09. The van der Waals surface area contributed by atoms with Gasteiger partial charge in [0.25, 0.3) is 0 Å². The van der Waals surface area contributed by atoms with Crippen LogP contribution in [-0.4, -0.2) is 26.5 Å². The molecule has 7 heteroatoms. The Labute approximate surface area is 95.2 Å². The first-order chi connectivity index (χ1) is 7.41. The van der Waals surface area contributed by atoms with Gasteiger partial charge in [-0.2, -0.15) is 0 Å². The van der Waals surface area contributed by atoms with Crippen LogP contribution in [-0.2, 0) is 11.2 Å². The van der Waals surface area contributed by atoms with Gasteiger partial charge in [-0.1, -0.05) is 6.07 Å². The largest absolute Gasteiger partial charge is 0.502 e. The van der Waals surface area contributed by atoms with Gasteiger partial charge in [-0.3, -0.25) is 14.9 Å². The molecule has 1 aromatic rings. The number of aliphatic carboxylic acids is 1. The van der Waals surface area contributed by atoms with E-state index in [9.17, 15) is 14.9 Å². The number of halogens is 1. The van der Waals surface area contributed by atoms with E-state index in [4.69, 9.17) is 21.8 Å². The molecule has 0 heterocycles. The lowest BCUT2D eigenvalue weighted by Crippen LogP contribution is -2.15. The van der Waals surface area contributed by atoms with Crippen molar-refractivity contribution in [2.75, 3.05) is 0 Å². The summed E-state index contributed by atoms with van der Waals surface area (Å²) in [6, 6.07) is 3.63. The zero-order chi connectivity index (χ0) is 12.3. The van der Waals surface area contributed by atoms with Crippen molar-refractivity contribution in [2.45, 2.75) is 11.8 Å². The summed E-state index contributed by atoms with van der Waals surface area (Å²) in [5.74, 6) is -1.66. The summed E-state index contributed by atoms with van der Waals surface area (Å²) in [6.07, 6.45) is -0.0436. The Morgan fingerprint density at radius 3 is 2.69 bits per heavy atom. The van der Waals surface area contributed by atoms with Crippen LogP contribution < -0.4 is 0 Å². The molecular weight excluding hydrogens is 238 g/mol. The fourth-order valence-corrected chi connectivity index (χ4v) is 1.31. The second kappa shape index (κ2) is 4.80. The van der Waals surface area contributed by atoms with Crippen LogP contribution in [0.4, 0.5) is 5.69 Å². The van der Waals surface area contributed by atoms with Crippen LogP contribution in [0.15, 0.2) is 18.2 Å². The van der Waals surface area contributed by atoms with E-state index in [2.05, 4.69) is 0 Å². The third kappa shape index (κ3) is 2.83. The van der Waals surface area contributed by atoms with Crippen LogP contribution in [0.2, 0.25) is 0 Å². The summed E-state index contributed by atoms with van der Waals surface area (Å²) < 4.78 is 0. The normalized spacial score (nSPS) is 12.1. The van der Waals surface area contributed by atoms with Crippen molar-refractivity contribution in [1.82, 2.24) is 0 Å². The molecule has 1 atom stereocenters. The molecule has 86 valence electrons. The first kappa shape index (κ1) is 12.3. The number of carboxylic acids is 1. The van der Waals surface area contributed by atoms with Gasteiger partial charge >= 0.3 is 11.7 Å². The molecule has 0 spiro atoms. The highest BCUT2D eigenvalue weighted by molar-refractivity contribution is 6.29. The van der Waals surface area contributed by atoms with E-state index in [1.54, 1.807) is 0 Å². The number of nitrogens with zero attached hydrogens (tertiary/aromatic N) is 1. The topological polar surface area (TPSA) is 101 Å². The maximum atomic E-state index is 10.5.